The molecule has 2 N–H and O–H groups in total. The van der Waals surface area contributed by atoms with Crippen molar-refractivity contribution < 1.29 is 4.42 Å². The maximum absolute atomic E-state index is 5.93. The molecule has 0 aromatic carbocycles. The summed E-state index contributed by atoms with van der Waals surface area (Å²) in [4.78, 5) is 2.45. The lowest BCUT2D eigenvalue weighted by atomic mass is 10.0. The Hall–Kier alpha value is -0.800. The lowest BCUT2D eigenvalue weighted by Crippen LogP contribution is -2.30. The number of rotatable bonds is 3. The van der Waals surface area contributed by atoms with Gasteiger partial charge in [-0.25, -0.2) is 0 Å². The van der Waals surface area contributed by atoms with Crippen LogP contribution >= 0.6 is 0 Å². The Morgan fingerprint density at radius 1 is 1.53 bits per heavy atom. The Morgan fingerprint density at radius 3 is 2.87 bits per heavy atom. The highest BCUT2D eigenvalue weighted by Gasteiger charge is 2.29. The van der Waals surface area contributed by atoms with Crippen LogP contribution in [0.1, 0.15) is 32.1 Å². The Bertz CT molecular complexity index is 295. The number of hydrogen-bond donors (Lipinski definition) is 1. The van der Waals surface area contributed by atoms with Gasteiger partial charge in [0.2, 0.25) is 0 Å². The molecule has 1 aliphatic heterocycles. The first-order valence-electron chi connectivity index (χ1n) is 5.71. The van der Waals surface area contributed by atoms with Gasteiger partial charge in [0.05, 0.1) is 12.3 Å². The molecule has 0 aliphatic carbocycles. The smallest absolute Gasteiger partial charge is 0.120 e. The van der Waals surface area contributed by atoms with Crippen molar-refractivity contribution in [3.05, 3.63) is 24.2 Å². The average Bonchev–Trinajstić information content (AvgIpc) is 2.88. The van der Waals surface area contributed by atoms with Crippen molar-refractivity contribution in [2.75, 3.05) is 13.1 Å². The molecule has 0 spiro atoms. The van der Waals surface area contributed by atoms with Crippen LogP contribution in [-0.4, -0.2) is 24.0 Å². The Morgan fingerprint density at radius 2 is 2.33 bits per heavy atom. The predicted octanol–water partition coefficient (Wildman–Crippen LogP) is 2.01. The maximum Gasteiger partial charge on any atom is 0.120 e. The SMILES string of the molecule is CC(N)C1CCN(C(C)c2ccco2)C1. The molecule has 3 heteroatoms. The standard InChI is InChI=1S/C12H20N2O/c1-9(13)11-5-6-14(8-11)10(2)12-4-3-7-15-12/h3-4,7,9-11H,5-6,8,13H2,1-2H3. The normalized spacial score (nSPS) is 26.7. The molecular formula is C12H20N2O. The number of nitrogens with zero attached hydrogens (tertiary/aromatic N) is 1. The van der Waals surface area contributed by atoms with E-state index in [0.29, 0.717) is 18.0 Å². The average molecular weight is 208 g/mol. The molecule has 2 rings (SSSR count). The predicted molar refractivity (Wildman–Crippen MR) is 60.5 cm³/mol. The maximum atomic E-state index is 5.93. The summed E-state index contributed by atoms with van der Waals surface area (Å²) in [6.45, 7) is 6.53. The van der Waals surface area contributed by atoms with Crippen molar-refractivity contribution in [2.24, 2.45) is 11.7 Å². The third-order valence-electron chi connectivity index (χ3n) is 3.50. The topological polar surface area (TPSA) is 42.4 Å². The number of hydrogen-bond acceptors (Lipinski definition) is 3. The number of likely N-dealkylation sites (tertiary alicyclic amines) is 1. The molecule has 0 radical (unpaired) electrons. The summed E-state index contributed by atoms with van der Waals surface area (Å²) in [6.07, 6.45) is 2.95. The van der Waals surface area contributed by atoms with E-state index in [9.17, 15) is 0 Å². The van der Waals surface area contributed by atoms with Crippen molar-refractivity contribution >= 4 is 0 Å². The molecule has 0 bridgehead atoms. The molecule has 1 aliphatic rings. The van der Waals surface area contributed by atoms with Crippen LogP contribution in [0.25, 0.3) is 0 Å². The summed E-state index contributed by atoms with van der Waals surface area (Å²) in [6, 6.07) is 4.68. The number of furan rings is 1. The molecule has 15 heavy (non-hydrogen) atoms. The molecule has 3 atom stereocenters. The fraction of sp³-hybridized carbons (Fsp3) is 0.667. The van der Waals surface area contributed by atoms with Crippen LogP contribution in [0.2, 0.25) is 0 Å². The third kappa shape index (κ3) is 2.24. The van der Waals surface area contributed by atoms with Gasteiger partial charge in [-0.1, -0.05) is 0 Å². The van der Waals surface area contributed by atoms with Crippen molar-refractivity contribution in [1.82, 2.24) is 4.90 Å². The van der Waals surface area contributed by atoms with E-state index >= 15 is 0 Å². The molecule has 0 amide bonds. The van der Waals surface area contributed by atoms with Gasteiger partial charge >= 0.3 is 0 Å². The second-order valence-electron chi connectivity index (χ2n) is 4.59. The van der Waals surface area contributed by atoms with Gasteiger partial charge in [-0.05, 0) is 44.9 Å². The van der Waals surface area contributed by atoms with Crippen LogP contribution in [0.5, 0.6) is 0 Å². The molecule has 1 aromatic heterocycles. The highest BCUT2D eigenvalue weighted by molar-refractivity contribution is 5.04. The molecule has 0 saturated carbocycles. The van der Waals surface area contributed by atoms with Crippen LogP contribution in [-0.2, 0) is 0 Å². The van der Waals surface area contributed by atoms with E-state index in [4.69, 9.17) is 10.2 Å². The second-order valence-corrected chi connectivity index (χ2v) is 4.59. The second kappa shape index (κ2) is 4.37. The van der Waals surface area contributed by atoms with E-state index in [1.165, 1.54) is 6.42 Å². The fourth-order valence-corrected chi connectivity index (χ4v) is 2.31. The summed E-state index contributed by atoms with van der Waals surface area (Å²) < 4.78 is 5.43. The highest BCUT2D eigenvalue weighted by atomic mass is 16.3. The van der Waals surface area contributed by atoms with Gasteiger partial charge < -0.3 is 10.2 Å². The number of nitrogens with two attached hydrogens (primary N) is 1. The summed E-state index contributed by atoms with van der Waals surface area (Å²) >= 11 is 0. The molecule has 3 nitrogen and oxygen atoms in total. The van der Waals surface area contributed by atoms with E-state index in [1.807, 2.05) is 12.1 Å². The van der Waals surface area contributed by atoms with Crippen LogP contribution < -0.4 is 5.73 Å². The first-order chi connectivity index (χ1) is 7.18. The van der Waals surface area contributed by atoms with Gasteiger partial charge in [0, 0.05) is 12.6 Å². The summed E-state index contributed by atoms with van der Waals surface area (Å²) in [5.74, 6) is 1.70. The molecule has 1 aromatic rings. The minimum Gasteiger partial charge on any atom is -0.468 e. The Balaban J connectivity index is 1.96. The van der Waals surface area contributed by atoms with E-state index in [0.717, 1.165) is 18.8 Å². The van der Waals surface area contributed by atoms with Crippen LogP contribution in [0, 0.1) is 5.92 Å². The minimum absolute atomic E-state index is 0.304. The highest BCUT2D eigenvalue weighted by Crippen LogP contribution is 2.28. The molecule has 3 unspecified atom stereocenters. The van der Waals surface area contributed by atoms with Crippen LogP contribution in [0.3, 0.4) is 0 Å². The largest absolute Gasteiger partial charge is 0.468 e. The van der Waals surface area contributed by atoms with E-state index in [-0.39, 0.29) is 0 Å². The van der Waals surface area contributed by atoms with Gasteiger partial charge in [0.15, 0.2) is 0 Å². The molecule has 84 valence electrons. The van der Waals surface area contributed by atoms with Crippen molar-refractivity contribution in [3.8, 4) is 0 Å². The lowest BCUT2D eigenvalue weighted by molar-refractivity contribution is 0.220. The van der Waals surface area contributed by atoms with Gasteiger partial charge in [-0.3, -0.25) is 4.90 Å². The zero-order chi connectivity index (χ0) is 10.8. The van der Waals surface area contributed by atoms with E-state index in [2.05, 4.69) is 18.7 Å². The third-order valence-corrected chi connectivity index (χ3v) is 3.50. The summed E-state index contributed by atoms with van der Waals surface area (Å²) in [5.41, 5.74) is 5.93. The minimum atomic E-state index is 0.304. The molecule has 2 heterocycles. The monoisotopic (exact) mass is 208 g/mol. The molecule has 1 saturated heterocycles. The molecular weight excluding hydrogens is 188 g/mol. The van der Waals surface area contributed by atoms with Crippen LogP contribution in [0.15, 0.2) is 22.8 Å². The summed E-state index contributed by atoms with van der Waals surface area (Å²) in [5, 5.41) is 0. The molecule has 1 fully saturated rings. The lowest BCUT2D eigenvalue weighted by Gasteiger charge is -2.23. The summed E-state index contributed by atoms with van der Waals surface area (Å²) in [7, 11) is 0. The van der Waals surface area contributed by atoms with Gasteiger partial charge in [-0.2, -0.15) is 0 Å². The van der Waals surface area contributed by atoms with Crippen molar-refractivity contribution in [2.45, 2.75) is 32.4 Å². The first-order valence-corrected chi connectivity index (χ1v) is 5.71. The Labute approximate surface area is 91.2 Å². The van der Waals surface area contributed by atoms with Crippen LogP contribution in [0.4, 0.5) is 0 Å². The zero-order valence-electron chi connectivity index (χ0n) is 9.52. The van der Waals surface area contributed by atoms with Gasteiger partial charge in [0.25, 0.3) is 0 Å². The quantitative estimate of drug-likeness (QED) is 0.826. The van der Waals surface area contributed by atoms with Crippen molar-refractivity contribution in [1.29, 1.82) is 0 Å². The van der Waals surface area contributed by atoms with E-state index < -0.39 is 0 Å². The first kappa shape index (κ1) is 10.7. The van der Waals surface area contributed by atoms with E-state index in [1.54, 1.807) is 6.26 Å². The fourth-order valence-electron chi connectivity index (χ4n) is 2.31. The Kier molecular flexibility index (Phi) is 3.12. The van der Waals surface area contributed by atoms with Gasteiger partial charge in [0.1, 0.15) is 5.76 Å². The van der Waals surface area contributed by atoms with Crippen molar-refractivity contribution in [3.63, 3.8) is 0 Å². The zero-order valence-corrected chi connectivity index (χ0v) is 9.52. The van der Waals surface area contributed by atoms with Gasteiger partial charge in [-0.15, -0.1) is 0 Å².